The Morgan fingerprint density at radius 3 is 2.21 bits per heavy atom. The number of hydrogen-bond acceptors (Lipinski definition) is 4. The number of likely N-dealkylation sites (tertiary alicyclic amines) is 1. The van der Waals surface area contributed by atoms with Gasteiger partial charge in [-0.3, -0.25) is 14.4 Å². The van der Waals surface area contributed by atoms with Gasteiger partial charge in [-0.15, -0.1) is 0 Å². The zero-order chi connectivity index (χ0) is 27.1. The molecule has 1 N–H and O–H groups in total. The maximum Gasteiger partial charge on any atom is 0.250 e. The highest BCUT2D eigenvalue weighted by atomic mass is 16.2. The summed E-state index contributed by atoms with van der Waals surface area (Å²) >= 11 is 0. The van der Waals surface area contributed by atoms with Gasteiger partial charge in [-0.05, 0) is 50.3 Å². The Morgan fingerprint density at radius 2 is 1.61 bits per heavy atom. The van der Waals surface area contributed by atoms with Crippen molar-refractivity contribution in [2.75, 3.05) is 31.2 Å². The summed E-state index contributed by atoms with van der Waals surface area (Å²) in [6.45, 7) is 7.68. The highest BCUT2D eigenvalue weighted by molar-refractivity contribution is 5.96. The van der Waals surface area contributed by atoms with Crippen LogP contribution in [0.25, 0.3) is 0 Å². The molecule has 1 spiro atoms. The van der Waals surface area contributed by atoms with Crippen molar-refractivity contribution >= 4 is 23.4 Å². The number of para-hydroxylation sites is 1. The number of anilines is 1. The molecule has 2 aromatic rings. The van der Waals surface area contributed by atoms with Gasteiger partial charge >= 0.3 is 0 Å². The van der Waals surface area contributed by atoms with E-state index < -0.39 is 5.54 Å². The Hall–Kier alpha value is -3.35. The fraction of sp³-hybridized carbons (Fsp3) is 0.516. The third-order valence-corrected chi connectivity index (χ3v) is 8.24. The van der Waals surface area contributed by atoms with Gasteiger partial charge in [0.1, 0.15) is 12.1 Å². The number of nitrogens with one attached hydrogen (secondary N) is 1. The molecule has 2 fully saturated rings. The maximum atomic E-state index is 14.0. The molecule has 204 valence electrons. The van der Waals surface area contributed by atoms with Gasteiger partial charge < -0.3 is 20.0 Å². The summed E-state index contributed by atoms with van der Waals surface area (Å²) in [5.74, 6) is 0.0852. The van der Waals surface area contributed by atoms with Crippen molar-refractivity contribution in [2.24, 2.45) is 5.92 Å². The van der Waals surface area contributed by atoms with Crippen molar-refractivity contribution in [2.45, 2.75) is 70.9 Å². The smallest absolute Gasteiger partial charge is 0.250 e. The minimum atomic E-state index is -0.741. The van der Waals surface area contributed by atoms with Crippen molar-refractivity contribution in [1.82, 2.24) is 15.1 Å². The van der Waals surface area contributed by atoms with E-state index in [1.54, 1.807) is 4.90 Å². The fourth-order valence-corrected chi connectivity index (χ4v) is 5.92. The Kier molecular flexibility index (Phi) is 9.08. The molecule has 2 atom stereocenters. The standard InChI is InChI=1S/C31H42N4O3/c1-4-6-13-25(5-2)29(37)33-20-18-31(19-21-33)30(38)34(23-35(31)27-16-11-8-12-17-27)22-28(36)32-24(3)26-14-9-7-10-15-26/h7-12,14-17,24-25H,4-6,13,18-23H2,1-3H3,(H,32,36). The molecule has 7 heteroatoms. The molecule has 0 aliphatic carbocycles. The minimum Gasteiger partial charge on any atom is -0.348 e. The van der Waals surface area contributed by atoms with Crippen LogP contribution in [0.4, 0.5) is 5.69 Å². The van der Waals surface area contributed by atoms with Crippen LogP contribution >= 0.6 is 0 Å². The van der Waals surface area contributed by atoms with Crippen molar-refractivity contribution < 1.29 is 14.4 Å². The quantitative estimate of drug-likeness (QED) is 0.493. The van der Waals surface area contributed by atoms with Crippen molar-refractivity contribution in [3.63, 3.8) is 0 Å². The first-order valence-electron chi connectivity index (χ1n) is 14.1. The lowest BCUT2D eigenvalue weighted by molar-refractivity contribution is -0.142. The topological polar surface area (TPSA) is 73.0 Å². The summed E-state index contributed by atoms with van der Waals surface area (Å²) in [7, 11) is 0. The third kappa shape index (κ3) is 5.87. The molecule has 0 aromatic heterocycles. The van der Waals surface area contributed by atoms with Crippen molar-refractivity contribution in [1.29, 1.82) is 0 Å². The number of unbranched alkanes of at least 4 members (excludes halogenated alkanes) is 1. The number of amides is 3. The van der Waals surface area contributed by atoms with E-state index in [9.17, 15) is 14.4 Å². The zero-order valence-electron chi connectivity index (χ0n) is 23.1. The molecule has 7 nitrogen and oxygen atoms in total. The van der Waals surface area contributed by atoms with Crippen LogP contribution in [0.15, 0.2) is 60.7 Å². The van der Waals surface area contributed by atoms with Gasteiger partial charge in [0.05, 0.1) is 12.7 Å². The molecule has 3 amide bonds. The lowest BCUT2D eigenvalue weighted by Gasteiger charge is -2.44. The van der Waals surface area contributed by atoms with Gasteiger partial charge in [0.15, 0.2) is 0 Å². The number of hydrogen-bond donors (Lipinski definition) is 1. The first-order chi connectivity index (χ1) is 18.4. The van der Waals surface area contributed by atoms with E-state index >= 15 is 0 Å². The number of piperidine rings is 1. The summed E-state index contributed by atoms with van der Waals surface area (Å²) in [6.07, 6.45) is 5.04. The van der Waals surface area contributed by atoms with Gasteiger partial charge in [0, 0.05) is 24.7 Å². The molecule has 2 unspecified atom stereocenters. The summed E-state index contributed by atoms with van der Waals surface area (Å²) < 4.78 is 0. The predicted molar refractivity (Wildman–Crippen MR) is 150 cm³/mol. The molecular formula is C31H42N4O3. The number of rotatable bonds is 10. The van der Waals surface area contributed by atoms with Gasteiger partial charge in [0.2, 0.25) is 11.8 Å². The number of nitrogens with zero attached hydrogens (tertiary/aromatic N) is 3. The van der Waals surface area contributed by atoms with Gasteiger partial charge in [-0.1, -0.05) is 75.2 Å². The number of carbonyl (C=O) groups is 3. The van der Waals surface area contributed by atoms with Crippen molar-refractivity contribution in [3.8, 4) is 0 Å². The SMILES string of the molecule is CCCCC(CC)C(=O)N1CCC2(CC1)C(=O)N(CC(=O)NC(C)c1ccccc1)CN2c1ccccc1. The molecule has 2 saturated heterocycles. The van der Waals surface area contributed by atoms with Gasteiger partial charge in [0.25, 0.3) is 5.91 Å². The maximum absolute atomic E-state index is 14.0. The van der Waals surface area contributed by atoms with Crippen LogP contribution in [0.5, 0.6) is 0 Å². The molecule has 0 bridgehead atoms. The molecule has 0 saturated carbocycles. The molecule has 2 aliphatic rings. The second-order valence-corrected chi connectivity index (χ2v) is 10.7. The number of carbonyl (C=O) groups excluding carboxylic acids is 3. The molecule has 2 aromatic carbocycles. The molecule has 2 aliphatic heterocycles. The molecule has 0 radical (unpaired) electrons. The Balaban J connectivity index is 1.47. The van der Waals surface area contributed by atoms with Gasteiger partial charge in [-0.25, -0.2) is 0 Å². The van der Waals surface area contributed by atoms with Crippen LogP contribution in [0.1, 0.15) is 70.9 Å². The largest absolute Gasteiger partial charge is 0.348 e. The third-order valence-electron chi connectivity index (χ3n) is 8.24. The van der Waals surface area contributed by atoms with Crippen LogP contribution in [0.2, 0.25) is 0 Å². The lowest BCUT2D eigenvalue weighted by atomic mass is 9.84. The summed E-state index contributed by atoms with van der Waals surface area (Å²) in [6, 6.07) is 19.6. The fourth-order valence-electron chi connectivity index (χ4n) is 5.92. The minimum absolute atomic E-state index is 0.0126. The molecular weight excluding hydrogens is 476 g/mol. The van der Waals surface area contributed by atoms with Crippen LogP contribution < -0.4 is 10.2 Å². The van der Waals surface area contributed by atoms with Crippen LogP contribution in [0.3, 0.4) is 0 Å². The van der Waals surface area contributed by atoms with Crippen LogP contribution in [0, 0.1) is 5.92 Å². The highest BCUT2D eigenvalue weighted by Gasteiger charge is 2.54. The average Bonchev–Trinajstić information content (AvgIpc) is 3.20. The van der Waals surface area contributed by atoms with E-state index in [0.717, 1.165) is 36.9 Å². The second kappa shape index (κ2) is 12.5. The van der Waals surface area contributed by atoms with Crippen LogP contribution in [-0.4, -0.2) is 59.4 Å². The molecule has 2 heterocycles. The number of benzene rings is 2. The van der Waals surface area contributed by atoms with E-state index in [2.05, 4.69) is 24.1 Å². The summed E-state index contributed by atoms with van der Waals surface area (Å²) in [5, 5.41) is 3.04. The normalized spacial score (nSPS) is 18.5. The van der Waals surface area contributed by atoms with Crippen molar-refractivity contribution in [3.05, 3.63) is 66.2 Å². The average molecular weight is 519 g/mol. The van der Waals surface area contributed by atoms with E-state index in [1.807, 2.05) is 72.5 Å². The summed E-state index contributed by atoms with van der Waals surface area (Å²) in [5.41, 5.74) is 1.25. The Labute approximate surface area is 227 Å². The summed E-state index contributed by atoms with van der Waals surface area (Å²) in [4.78, 5) is 46.0. The first-order valence-corrected chi connectivity index (χ1v) is 14.1. The van der Waals surface area contributed by atoms with Gasteiger partial charge in [-0.2, -0.15) is 0 Å². The zero-order valence-corrected chi connectivity index (χ0v) is 23.1. The second-order valence-electron chi connectivity index (χ2n) is 10.7. The van der Waals surface area contributed by atoms with Crippen LogP contribution in [-0.2, 0) is 14.4 Å². The Morgan fingerprint density at radius 1 is 0.974 bits per heavy atom. The van der Waals surface area contributed by atoms with E-state index in [0.29, 0.717) is 32.6 Å². The molecule has 4 rings (SSSR count). The Bertz CT molecular complexity index is 1080. The van der Waals surface area contributed by atoms with E-state index in [4.69, 9.17) is 0 Å². The van der Waals surface area contributed by atoms with E-state index in [1.165, 1.54) is 0 Å². The van der Waals surface area contributed by atoms with E-state index in [-0.39, 0.29) is 36.2 Å². The molecule has 38 heavy (non-hydrogen) atoms. The highest BCUT2D eigenvalue weighted by Crippen LogP contribution is 2.40. The predicted octanol–water partition coefficient (Wildman–Crippen LogP) is 4.75. The first kappa shape index (κ1) is 27.7. The lowest BCUT2D eigenvalue weighted by Crippen LogP contribution is -2.58. The monoisotopic (exact) mass is 518 g/mol.